The van der Waals surface area contributed by atoms with Crippen molar-refractivity contribution in [3.8, 4) is 0 Å². The van der Waals surface area contributed by atoms with Crippen LogP contribution in [0.15, 0.2) is 18.7 Å². The first-order valence-electron chi connectivity index (χ1n) is 5.48. The molecule has 1 aliphatic rings. The average molecular weight is 252 g/mol. The highest BCUT2D eigenvalue weighted by Gasteiger charge is 2.44. The van der Waals surface area contributed by atoms with Gasteiger partial charge in [-0.3, -0.25) is 0 Å². The number of hydrogen-bond donors (Lipinski definition) is 3. The molecular formula is C10H12N4O4. The summed E-state index contributed by atoms with van der Waals surface area (Å²) in [4.78, 5) is 7.91. The molecule has 2 aromatic heterocycles. The number of rotatable bonds is 2. The molecule has 8 heteroatoms. The quantitative estimate of drug-likeness (QED) is 0.582. The first kappa shape index (κ1) is 11.5. The average Bonchev–Trinajstić information content (AvgIpc) is 2.93. The lowest BCUT2D eigenvalue weighted by atomic mass is 10.1. The van der Waals surface area contributed by atoms with Gasteiger partial charge in [-0.05, 0) is 0 Å². The third kappa shape index (κ3) is 1.58. The second kappa shape index (κ2) is 4.25. The zero-order valence-electron chi connectivity index (χ0n) is 9.29. The van der Waals surface area contributed by atoms with Gasteiger partial charge >= 0.3 is 0 Å². The van der Waals surface area contributed by atoms with Gasteiger partial charge in [0.2, 0.25) is 0 Å². The van der Waals surface area contributed by atoms with Crippen LogP contribution in [-0.4, -0.2) is 59.8 Å². The highest BCUT2D eigenvalue weighted by molar-refractivity contribution is 5.36. The molecule has 8 nitrogen and oxygen atoms in total. The van der Waals surface area contributed by atoms with Gasteiger partial charge in [-0.2, -0.15) is 5.10 Å². The van der Waals surface area contributed by atoms with E-state index in [1.807, 2.05) is 0 Å². The number of aliphatic hydroxyl groups is 3. The molecule has 4 atom stereocenters. The number of aliphatic hydroxyl groups excluding tert-OH is 3. The van der Waals surface area contributed by atoms with Gasteiger partial charge in [-0.15, -0.1) is 0 Å². The van der Waals surface area contributed by atoms with Crippen molar-refractivity contribution in [2.24, 2.45) is 0 Å². The van der Waals surface area contributed by atoms with Crippen LogP contribution in [0, 0.1) is 0 Å². The molecule has 0 saturated carbocycles. The predicted molar refractivity (Wildman–Crippen MR) is 57.5 cm³/mol. The van der Waals surface area contributed by atoms with Gasteiger partial charge in [0.05, 0.1) is 24.7 Å². The molecule has 3 rings (SSSR count). The molecule has 96 valence electrons. The maximum Gasteiger partial charge on any atom is 0.172 e. The third-order valence-corrected chi connectivity index (χ3v) is 3.05. The van der Waals surface area contributed by atoms with E-state index in [0.29, 0.717) is 11.3 Å². The van der Waals surface area contributed by atoms with E-state index < -0.39 is 24.4 Å². The van der Waals surface area contributed by atoms with E-state index in [2.05, 4.69) is 15.1 Å². The van der Waals surface area contributed by atoms with Crippen LogP contribution in [0.5, 0.6) is 0 Å². The van der Waals surface area contributed by atoms with Crippen molar-refractivity contribution in [2.45, 2.75) is 24.4 Å². The number of ether oxygens (including phenoxy) is 1. The Morgan fingerprint density at radius 2 is 2.11 bits per heavy atom. The summed E-state index contributed by atoms with van der Waals surface area (Å²) in [7, 11) is 0. The topological polar surface area (TPSA) is 113 Å². The summed E-state index contributed by atoms with van der Waals surface area (Å²) < 4.78 is 6.90. The van der Waals surface area contributed by atoms with E-state index in [1.165, 1.54) is 23.2 Å². The normalized spacial score (nSPS) is 32.2. The zero-order valence-corrected chi connectivity index (χ0v) is 9.29. The number of imidazole rings is 1. The Morgan fingerprint density at radius 1 is 1.28 bits per heavy atom. The van der Waals surface area contributed by atoms with Crippen LogP contribution in [0.1, 0.15) is 11.8 Å². The molecule has 0 bridgehead atoms. The van der Waals surface area contributed by atoms with Crippen LogP contribution in [0.25, 0.3) is 5.65 Å². The molecule has 0 aromatic carbocycles. The van der Waals surface area contributed by atoms with Crippen LogP contribution in [0.4, 0.5) is 0 Å². The second-order valence-corrected chi connectivity index (χ2v) is 4.12. The van der Waals surface area contributed by atoms with E-state index >= 15 is 0 Å². The minimum absolute atomic E-state index is 0.361. The van der Waals surface area contributed by atoms with Crippen molar-refractivity contribution in [3.63, 3.8) is 0 Å². The summed E-state index contributed by atoms with van der Waals surface area (Å²) in [6.45, 7) is -0.361. The number of nitrogens with zero attached hydrogens (tertiary/aromatic N) is 4. The van der Waals surface area contributed by atoms with Crippen LogP contribution in [-0.2, 0) is 4.74 Å². The lowest BCUT2D eigenvalue weighted by molar-refractivity contribution is -0.0244. The van der Waals surface area contributed by atoms with Crippen molar-refractivity contribution in [2.75, 3.05) is 6.61 Å². The van der Waals surface area contributed by atoms with E-state index in [-0.39, 0.29) is 6.61 Å². The monoisotopic (exact) mass is 252 g/mol. The van der Waals surface area contributed by atoms with Gasteiger partial charge in [0, 0.05) is 0 Å². The first-order chi connectivity index (χ1) is 8.72. The van der Waals surface area contributed by atoms with Crippen LogP contribution < -0.4 is 0 Å². The second-order valence-electron chi connectivity index (χ2n) is 4.12. The Bertz CT molecular complexity index is 560. The van der Waals surface area contributed by atoms with Gasteiger partial charge in [0.15, 0.2) is 5.65 Å². The molecule has 3 heterocycles. The molecule has 1 saturated heterocycles. The molecule has 0 radical (unpaired) electrons. The maximum absolute atomic E-state index is 9.92. The summed E-state index contributed by atoms with van der Waals surface area (Å²) >= 11 is 0. The summed E-state index contributed by atoms with van der Waals surface area (Å²) in [6, 6.07) is 0. The van der Waals surface area contributed by atoms with E-state index in [1.54, 1.807) is 0 Å². The molecule has 2 aromatic rings. The summed E-state index contributed by atoms with van der Waals surface area (Å²) in [6.07, 6.45) is 0.533. The molecule has 18 heavy (non-hydrogen) atoms. The minimum Gasteiger partial charge on any atom is -0.394 e. The highest BCUT2D eigenvalue weighted by Crippen LogP contribution is 2.33. The van der Waals surface area contributed by atoms with Crippen molar-refractivity contribution >= 4 is 5.65 Å². The van der Waals surface area contributed by atoms with Crippen molar-refractivity contribution in [3.05, 3.63) is 24.4 Å². The van der Waals surface area contributed by atoms with Gasteiger partial charge in [-0.1, -0.05) is 0 Å². The highest BCUT2D eigenvalue weighted by atomic mass is 16.6. The van der Waals surface area contributed by atoms with Gasteiger partial charge in [-0.25, -0.2) is 14.5 Å². The largest absolute Gasteiger partial charge is 0.394 e. The fraction of sp³-hybridized carbons (Fsp3) is 0.500. The van der Waals surface area contributed by atoms with Gasteiger partial charge in [0.25, 0.3) is 0 Å². The molecule has 0 aliphatic carbocycles. The molecule has 0 amide bonds. The van der Waals surface area contributed by atoms with Gasteiger partial charge < -0.3 is 20.1 Å². The third-order valence-electron chi connectivity index (χ3n) is 3.05. The Kier molecular flexibility index (Phi) is 2.71. The summed E-state index contributed by atoms with van der Waals surface area (Å²) in [5.41, 5.74) is 1.03. The van der Waals surface area contributed by atoms with E-state index in [0.717, 1.165) is 0 Å². The fourth-order valence-electron chi connectivity index (χ4n) is 2.11. The van der Waals surface area contributed by atoms with Crippen LogP contribution >= 0.6 is 0 Å². The SMILES string of the molecule is OC[C@H]1O[C@@H](c2cnc3cncnn23)[C@H](O)[C@@H]1O. The fourth-order valence-corrected chi connectivity index (χ4v) is 2.11. The number of fused-ring (bicyclic) bond motifs is 1. The van der Waals surface area contributed by atoms with Crippen LogP contribution in [0.3, 0.4) is 0 Å². The summed E-state index contributed by atoms with van der Waals surface area (Å²) in [5.74, 6) is 0. The van der Waals surface area contributed by atoms with E-state index in [9.17, 15) is 10.2 Å². The lowest BCUT2D eigenvalue weighted by Gasteiger charge is -2.13. The lowest BCUT2D eigenvalue weighted by Crippen LogP contribution is -2.32. The molecule has 1 fully saturated rings. The van der Waals surface area contributed by atoms with Crippen molar-refractivity contribution < 1.29 is 20.1 Å². The molecule has 1 aliphatic heterocycles. The molecule has 0 unspecified atom stereocenters. The Morgan fingerprint density at radius 3 is 2.83 bits per heavy atom. The minimum atomic E-state index is -1.13. The Balaban J connectivity index is 2.00. The molecule has 0 spiro atoms. The van der Waals surface area contributed by atoms with Crippen LogP contribution in [0.2, 0.25) is 0 Å². The maximum atomic E-state index is 9.92. The first-order valence-corrected chi connectivity index (χ1v) is 5.48. The smallest absolute Gasteiger partial charge is 0.172 e. The molecular weight excluding hydrogens is 240 g/mol. The Labute approximate surface area is 101 Å². The van der Waals surface area contributed by atoms with E-state index in [4.69, 9.17) is 9.84 Å². The zero-order chi connectivity index (χ0) is 12.7. The van der Waals surface area contributed by atoms with Crippen molar-refractivity contribution in [1.29, 1.82) is 0 Å². The summed E-state index contributed by atoms with van der Waals surface area (Å²) in [5, 5.41) is 32.7. The number of hydrogen-bond acceptors (Lipinski definition) is 7. The Hall–Kier alpha value is -1.61. The van der Waals surface area contributed by atoms with Gasteiger partial charge in [0.1, 0.15) is 30.7 Å². The van der Waals surface area contributed by atoms with Crippen molar-refractivity contribution in [1.82, 2.24) is 19.6 Å². The number of aromatic nitrogens is 4. The predicted octanol–water partition coefficient (Wildman–Crippen LogP) is -1.72. The molecule has 3 N–H and O–H groups in total. The standard InChI is InChI=1S/C10H12N4O4/c15-3-6-8(16)9(17)10(18-6)5-1-12-7-2-11-4-13-14(5)7/h1-2,4,6,8-10,15-17H,3H2/t6-,8-,9-,10+/m1/s1.